The molecule has 0 radical (unpaired) electrons. The van der Waals surface area contributed by atoms with Crippen molar-refractivity contribution in [2.24, 2.45) is 0 Å². The van der Waals surface area contributed by atoms with Crippen molar-refractivity contribution in [2.45, 2.75) is 6.61 Å². The highest BCUT2D eigenvalue weighted by molar-refractivity contribution is 9.10. The number of benzene rings is 1. The molecular weight excluding hydrogens is 516 g/mol. The number of carbonyl (C=O) groups is 1. The molecule has 0 aliphatic rings. The van der Waals surface area contributed by atoms with Crippen LogP contribution in [0.4, 0.5) is 0 Å². The predicted octanol–water partition coefficient (Wildman–Crippen LogP) is 5.13. The average molecular weight is 533 g/mol. The number of nitrogens with zero attached hydrogens (tertiary/aromatic N) is 4. The molecule has 0 amide bonds. The van der Waals surface area contributed by atoms with E-state index in [1.54, 1.807) is 40.4 Å². The van der Waals surface area contributed by atoms with Crippen molar-refractivity contribution in [3.63, 3.8) is 0 Å². The van der Waals surface area contributed by atoms with Gasteiger partial charge in [-0.1, -0.05) is 24.3 Å². The van der Waals surface area contributed by atoms with Gasteiger partial charge in [0.1, 0.15) is 17.9 Å². The summed E-state index contributed by atoms with van der Waals surface area (Å²) in [6, 6.07) is 18.6. The largest absolute Gasteiger partial charge is 0.456 e. The fourth-order valence-corrected chi connectivity index (χ4v) is 4.45. The van der Waals surface area contributed by atoms with Gasteiger partial charge in [0.05, 0.1) is 16.3 Å². The number of carbonyl (C=O) groups excluding carboxylic acids is 1. The number of pyridine rings is 1. The van der Waals surface area contributed by atoms with Gasteiger partial charge < -0.3 is 4.74 Å². The third-order valence-corrected chi connectivity index (χ3v) is 6.30. The Morgan fingerprint density at radius 3 is 2.74 bits per heavy atom. The normalized spacial score (nSPS) is 11.3. The second-order valence-corrected chi connectivity index (χ2v) is 9.16. The van der Waals surface area contributed by atoms with Crippen molar-refractivity contribution in [3.8, 4) is 16.3 Å². The maximum atomic E-state index is 12.4. The Morgan fingerprint density at radius 2 is 1.94 bits per heavy atom. The molecule has 34 heavy (non-hydrogen) atoms. The Hall–Kier alpha value is -3.82. The van der Waals surface area contributed by atoms with Crippen LogP contribution in [0, 0.1) is 0 Å². The van der Waals surface area contributed by atoms with E-state index in [2.05, 4.69) is 20.9 Å². The van der Waals surface area contributed by atoms with Crippen LogP contribution < -0.4 is 5.56 Å². The van der Waals surface area contributed by atoms with Gasteiger partial charge in [0.25, 0.3) is 5.56 Å². The minimum absolute atomic E-state index is 0.105. The summed E-state index contributed by atoms with van der Waals surface area (Å²) in [6.07, 6.45) is 6.56. The highest BCUT2D eigenvalue weighted by Gasteiger charge is 2.12. The topological polar surface area (TPSA) is 78.5 Å². The molecule has 1 aromatic carbocycles. The number of esters is 1. The first-order valence-corrected chi connectivity index (χ1v) is 12.0. The van der Waals surface area contributed by atoms with Gasteiger partial charge in [-0.25, -0.2) is 14.5 Å². The van der Waals surface area contributed by atoms with Crippen LogP contribution in [0.5, 0.6) is 0 Å². The molecule has 0 aliphatic heterocycles. The Kier molecular flexibility index (Phi) is 6.20. The molecule has 0 spiro atoms. The highest BCUT2D eigenvalue weighted by Crippen LogP contribution is 2.28. The summed E-state index contributed by atoms with van der Waals surface area (Å²) in [5, 5.41) is 6.70. The molecule has 0 atom stereocenters. The quantitative estimate of drug-likeness (QED) is 0.224. The van der Waals surface area contributed by atoms with E-state index in [-0.39, 0.29) is 12.2 Å². The van der Waals surface area contributed by atoms with Crippen molar-refractivity contribution < 1.29 is 9.53 Å². The SMILES string of the molecule is O=C(C=Cc1cn(-c2ccccc2)nc1-c1cccs1)OCc1cc(=O)n2cc(Br)ccc2n1. The van der Waals surface area contributed by atoms with Crippen molar-refractivity contribution in [2.75, 3.05) is 0 Å². The van der Waals surface area contributed by atoms with Crippen LogP contribution in [0.25, 0.3) is 28.0 Å². The lowest BCUT2D eigenvalue weighted by molar-refractivity contribution is -0.139. The smallest absolute Gasteiger partial charge is 0.331 e. The number of aromatic nitrogens is 4. The second kappa shape index (κ2) is 9.58. The molecule has 9 heteroatoms. The van der Waals surface area contributed by atoms with E-state index in [1.165, 1.54) is 16.5 Å². The van der Waals surface area contributed by atoms with E-state index in [4.69, 9.17) is 9.84 Å². The number of thiophene rings is 1. The molecule has 168 valence electrons. The zero-order chi connectivity index (χ0) is 23.5. The van der Waals surface area contributed by atoms with Gasteiger partial charge in [-0.3, -0.25) is 9.20 Å². The lowest BCUT2D eigenvalue weighted by atomic mass is 10.2. The van der Waals surface area contributed by atoms with E-state index in [9.17, 15) is 9.59 Å². The summed E-state index contributed by atoms with van der Waals surface area (Å²) in [6.45, 7) is -0.105. The number of hydrogen-bond acceptors (Lipinski definition) is 6. The number of rotatable bonds is 6. The molecule has 0 unspecified atom stereocenters. The minimum Gasteiger partial charge on any atom is -0.456 e. The number of halogens is 1. The Morgan fingerprint density at radius 1 is 1.09 bits per heavy atom. The zero-order valence-electron chi connectivity index (χ0n) is 17.7. The van der Waals surface area contributed by atoms with Gasteiger partial charge >= 0.3 is 5.97 Å². The summed E-state index contributed by atoms with van der Waals surface area (Å²) in [7, 11) is 0. The van der Waals surface area contributed by atoms with E-state index < -0.39 is 5.97 Å². The summed E-state index contributed by atoms with van der Waals surface area (Å²) in [4.78, 5) is 30.1. The Bertz CT molecular complexity index is 1560. The first kappa shape index (κ1) is 22.0. The van der Waals surface area contributed by atoms with Crippen LogP contribution in [0.1, 0.15) is 11.3 Å². The average Bonchev–Trinajstić information content (AvgIpc) is 3.52. The molecule has 7 nitrogen and oxygen atoms in total. The van der Waals surface area contributed by atoms with Crippen LogP contribution in [0.3, 0.4) is 0 Å². The maximum Gasteiger partial charge on any atom is 0.331 e. The van der Waals surface area contributed by atoms with Gasteiger partial charge in [-0.15, -0.1) is 11.3 Å². The first-order chi connectivity index (χ1) is 16.6. The van der Waals surface area contributed by atoms with Gasteiger partial charge in [0, 0.05) is 34.6 Å². The van der Waals surface area contributed by atoms with Crippen molar-refractivity contribution in [1.29, 1.82) is 0 Å². The van der Waals surface area contributed by atoms with Crippen LogP contribution >= 0.6 is 27.3 Å². The third kappa shape index (κ3) is 4.75. The molecule has 4 aromatic heterocycles. The van der Waals surface area contributed by atoms with Crippen LogP contribution in [-0.2, 0) is 16.1 Å². The number of para-hydroxylation sites is 1. The summed E-state index contributed by atoms with van der Waals surface area (Å²) < 4.78 is 9.30. The van der Waals surface area contributed by atoms with E-state index in [0.717, 1.165) is 26.3 Å². The monoisotopic (exact) mass is 532 g/mol. The lowest BCUT2D eigenvalue weighted by Gasteiger charge is -2.05. The summed E-state index contributed by atoms with van der Waals surface area (Å²) >= 11 is 4.91. The highest BCUT2D eigenvalue weighted by atomic mass is 79.9. The molecule has 0 saturated carbocycles. The number of fused-ring (bicyclic) bond motifs is 1. The Labute approximate surface area is 206 Å². The van der Waals surface area contributed by atoms with Crippen molar-refractivity contribution in [1.82, 2.24) is 19.2 Å². The summed E-state index contributed by atoms with van der Waals surface area (Å²) in [5.41, 5.74) is 3.09. The van der Waals surface area contributed by atoms with Crippen LogP contribution in [0.2, 0.25) is 0 Å². The van der Waals surface area contributed by atoms with Gasteiger partial charge in [0.2, 0.25) is 0 Å². The molecule has 4 heterocycles. The molecule has 0 saturated heterocycles. The molecular formula is C25H17BrN4O3S. The third-order valence-electron chi connectivity index (χ3n) is 4.96. The fraction of sp³-hybridized carbons (Fsp3) is 0.0400. The van der Waals surface area contributed by atoms with Crippen molar-refractivity contribution in [3.05, 3.63) is 111 Å². The first-order valence-electron chi connectivity index (χ1n) is 10.3. The molecule has 0 bridgehead atoms. The van der Waals surface area contributed by atoms with E-state index >= 15 is 0 Å². The number of ether oxygens (including phenoxy) is 1. The van der Waals surface area contributed by atoms with Crippen molar-refractivity contribution >= 4 is 45.0 Å². The van der Waals surface area contributed by atoms with Gasteiger partial charge in [-0.2, -0.15) is 5.10 Å². The minimum atomic E-state index is -0.539. The van der Waals surface area contributed by atoms with Gasteiger partial charge in [0.15, 0.2) is 0 Å². The van der Waals surface area contributed by atoms with Crippen LogP contribution in [-0.4, -0.2) is 25.1 Å². The van der Waals surface area contributed by atoms with Crippen LogP contribution in [0.15, 0.2) is 93.8 Å². The van der Waals surface area contributed by atoms with E-state index in [1.807, 2.05) is 54.0 Å². The second-order valence-electron chi connectivity index (χ2n) is 7.29. The molecule has 0 N–H and O–H groups in total. The van der Waals surface area contributed by atoms with E-state index in [0.29, 0.717) is 11.3 Å². The van der Waals surface area contributed by atoms with Gasteiger partial charge in [-0.05, 0) is 57.7 Å². The molecule has 5 aromatic rings. The standard InChI is InChI=1S/C25H17BrN4O3S/c26-18-9-10-22-27-19(13-23(31)29(22)15-18)16-33-24(32)11-8-17-14-30(20-5-2-1-3-6-20)28-25(17)21-7-4-12-34-21/h1-15H,16H2. The summed E-state index contributed by atoms with van der Waals surface area (Å²) in [5.74, 6) is -0.539. The lowest BCUT2D eigenvalue weighted by Crippen LogP contribution is -2.16. The number of hydrogen-bond donors (Lipinski definition) is 0. The fourth-order valence-electron chi connectivity index (χ4n) is 3.38. The Balaban J connectivity index is 1.34. The zero-order valence-corrected chi connectivity index (χ0v) is 20.1. The molecule has 0 aliphatic carbocycles. The maximum absolute atomic E-state index is 12.4. The molecule has 5 rings (SSSR count). The predicted molar refractivity (Wildman–Crippen MR) is 135 cm³/mol. The molecule has 0 fully saturated rings.